The Balaban J connectivity index is 1.98. The lowest BCUT2D eigenvalue weighted by Crippen LogP contribution is -2.37. The molecule has 0 amide bonds. The van der Waals surface area contributed by atoms with Crippen molar-refractivity contribution in [2.24, 2.45) is 14.1 Å². The molecule has 0 N–H and O–H groups in total. The minimum absolute atomic E-state index is 0.0663. The van der Waals surface area contributed by atoms with Crippen LogP contribution in [-0.4, -0.2) is 19.1 Å². The van der Waals surface area contributed by atoms with E-state index < -0.39 is 5.69 Å². The van der Waals surface area contributed by atoms with Gasteiger partial charge in [-0.1, -0.05) is 65.9 Å². The number of aromatic nitrogens is 4. The number of aryl methyl sites for hydroxylation is 2. The summed E-state index contributed by atoms with van der Waals surface area (Å²) in [7, 11) is 3.11. The van der Waals surface area contributed by atoms with Crippen molar-refractivity contribution in [3.8, 4) is 11.4 Å². The van der Waals surface area contributed by atoms with E-state index in [1.165, 1.54) is 23.4 Å². The highest BCUT2D eigenvalue weighted by atomic mass is 32.2. The standard InChI is InChI=1S/C23H22N4O2S/c1-14-9-8-12-17(13-14)19-24-20-18(22(28)27(4)23(29)26(20)3)21(25-19)30-15(2)16-10-6-5-7-11-16/h5-13,15H,1-4H3/t15-/m1/s1. The summed E-state index contributed by atoms with van der Waals surface area (Å²) >= 11 is 1.50. The monoisotopic (exact) mass is 418 g/mol. The third kappa shape index (κ3) is 3.57. The van der Waals surface area contributed by atoms with Crippen LogP contribution in [0, 0.1) is 6.92 Å². The molecule has 2 aromatic carbocycles. The minimum atomic E-state index is -0.409. The average Bonchev–Trinajstić information content (AvgIpc) is 2.76. The predicted molar refractivity (Wildman–Crippen MR) is 121 cm³/mol. The van der Waals surface area contributed by atoms with Crippen molar-refractivity contribution in [3.63, 3.8) is 0 Å². The van der Waals surface area contributed by atoms with Crippen LogP contribution < -0.4 is 11.2 Å². The Morgan fingerprint density at radius 1 is 0.933 bits per heavy atom. The minimum Gasteiger partial charge on any atom is -0.280 e. The molecule has 0 bridgehead atoms. The molecule has 0 spiro atoms. The summed E-state index contributed by atoms with van der Waals surface area (Å²) in [5, 5.41) is 1.00. The highest BCUT2D eigenvalue weighted by Crippen LogP contribution is 2.36. The van der Waals surface area contributed by atoms with Crippen molar-refractivity contribution in [1.82, 2.24) is 19.1 Å². The summed E-state index contributed by atoms with van der Waals surface area (Å²) in [6, 6.07) is 17.9. The van der Waals surface area contributed by atoms with Gasteiger partial charge in [0.1, 0.15) is 10.4 Å². The second kappa shape index (κ2) is 7.91. The number of fused-ring (bicyclic) bond motifs is 1. The number of hydrogen-bond donors (Lipinski definition) is 0. The number of thioether (sulfide) groups is 1. The summed E-state index contributed by atoms with van der Waals surface area (Å²) in [6.45, 7) is 4.08. The van der Waals surface area contributed by atoms with E-state index >= 15 is 0 Å². The Morgan fingerprint density at radius 3 is 2.37 bits per heavy atom. The van der Waals surface area contributed by atoms with E-state index in [9.17, 15) is 9.59 Å². The van der Waals surface area contributed by atoms with Gasteiger partial charge in [0.25, 0.3) is 5.56 Å². The van der Waals surface area contributed by atoms with E-state index in [-0.39, 0.29) is 10.8 Å². The van der Waals surface area contributed by atoms with Crippen LogP contribution >= 0.6 is 11.8 Å². The Kier molecular flexibility index (Phi) is 5.30. The number of nitrogens with zero attached hydrogens (tertiary/aromatic N) is 4. The summed E-state index contributed by atoms with van der Waals surface area (Å²) in [4.78, 5) is 34.9. The van der Waals surface area contributed by atoms with Crippen LogP contribution in [0.15, 0.2) is 69.2 Å². The molecular weight excluding hydrogens is 396 g/mol. The first-order valence-corrected chi connectivity index (χ1v) is 10.5. The Morgan fingerprint density at radius 2 is 1.67 bits per heavy atom. The van der Waals surface area contributed by atoms with Crippen molar-refractivity contribution in [1.29, 1.82) is 0 Å². The second-order valence-corrected chi connectivity index (χ2v) is 8.63. The quantitative estimate of drug-likeness (QED) is 0.372. The molecule has 0 aliphatic rings. The maximum absolute atomic E-state index is 13.0. The molecule has 0 unspecified atom stereocenters. The Labute approximate surface area is 178 Å². The predicted octanol–water partition coefficient (Wildman–Crippen LogP) is 3.86. The van der Waals surface area contributed by atoms with Crippen LogP contribution in [-0.2, 0) is 14.1 Å². The van der Waals surface area contributed by atoms with Gasteiger partial charge in [0.05, 0.1) is 0 Å². The van der Waals surface area contributed by atoms with Crippen molar-refractivity contribution in [2.75, 3.05) is 0 Å². The molecule has 6 nitrogen and oxygen atoms in total. The molecule has 0 saturated carbocycles. The molecule has 0 aliphatic carbocycles. The third-order valence-electron chi connectivity index (χ3n) is 5.10. The van der Waals surface area contributed by atoms with E-state index in [0.29, 0.717) is 21.9 Å². The normalized spacial score (nSPS) is 12.3. The molecule has 0 aliphatic heterocycles. The summed E-state index contributed by atoms with van der Waals surface area (Å²) in [6.07, 6.45) is 0. The van der Waals surface area contributed by atoms with Gasteiger partial charge in [0, 0.05) is 24.9 Å². The Hall–Kier alpha value is -3.19. The number of rotatable bonds is 4. The zero-order valence-corrected chi connectivity index (χ0v) is 18.1. The molecule has 30 heavy (non-hydrogen) atoms. The van der Waals surface area contributed by atoms with Gasteiger partial charge < -0.3 is 0 Å². The zero-order valence-electron chi connectivity index (χ0n) is 17.3. The van der Waals surface area contributed by atoms with Gasteiger partial charge in [0.15, 0.2) is 11.5 Å². The van der Waals surface area contributed by atoms with Crippen molar-refractivity contribution < 1.29 is 0 Å². The fourth-order valence-corrected chi connectivity index (χ4v) is 4.45. The van der Waals surface area contributed by atoms with Gasteiger partial charge in [-0.05, 0) is 25.5 Å². The van der Waals surface area contributed by atoms with Gasteiger partial charge in [-0.3, -0.25) is 13.9 Å². The molecule has 7 heteroatoms. The third-order valence-corrected chi connectivity index (χ3v) is 6.24. The lowest BCUT2D eigenvalue weighted by molar-refractivity contribution is 0.703. The lowest BCUT2D eigenvalue weighted by Gasteiger charge is -2.15. The molecule has 2 heterocycles. The summed E-state index contributed by atoms with van der Waals surface area (Å²) < 4.78 is 2.52. The highest BCUT2D eigenvalue weighted by molar-refractivity contribution is 7.99. The maximum Gasteiger partial charge on any atom is 0.332 e. The first-order valence-electron chi connectivity index (χ1n) is 9.63. The molecular formula is C23H22N4O2S. The first kappa shape index (κ1) is 20.1. The van der Waals surface area contributed by atoms with Gasteiger partial charge in [0.2, 0.25) is 0 Å². The van der Waals surface area contributed by atoms with Gasteiger partial charge in [-0.2, -0.15) is 0 Å². The summed E-state index contributed by atoms with van der Waals surface area (Å²) in [5.74, 6) is 0.497. The largest absolute Gasteiger partial charge is 0.332 e. The Bertz CT molecular complexity index is 1360. The SMILES string of the molecule is Cc1cccc(-c2nc(S[C@H](C)c3ccccc3)c3c(=O)n(C)c(=O)n(C)c3n2)c1. The lowest BCUT2D eigenvalue weighted by atomic mass is 10.1. The van der Waals surface area contributed by atoms with Crippen LogP contribution in [0.4, 0.5) is 0 Å². The molecule has 0 saturated heterocycles. The molecule has 4 aromatic rings. The van der Waals surface area contributed by atoms with Crippen LogP contribution in [0.3, 0.4) is 0 Å². The molecule has 0 radical (unpaired) electrons. The van der Waals surface area contributed by atoms with Crippen LogP contribution in [0.2, 0.25) is 0 Å². The smallest absolute Gasteiger partial charge is 0.280 e. The van der Waals surface area contributed by atoms with Crippen LogP contribution in [0.1, 0.15) is 23.3 Å². The summed E-state index contributed by atoms with van der Waals surface area (Å²) in [5.41, 5.74) is 2.62. The fourth-order valence-electron chi connectivity index (χ4n) is 3.39. The van der Waals surface area contributed by atoms with Crippen molar-refractivity contribution in [3.05, 3.63) is 86.6 Å². The van der Waals surface area contributed by atoms with Gasteiger partial charge >= 0.3 is 5.69 Å². The van der Waals surface area contributed by atoms with E-state index in [1.54, 1.807) is 7.05 Å². The first-order chi connectivity index (χ1) is 14.4. The molecule has 152 valence electrons. The maximum atomic E-state index is 13.0. The van der Waals surface area contributed by atoms with Crippen molar-refractivity contribution in [2.45, 2.75) is 24.1 Å². The van der Waals surface area contributed by atoms with E-state index in [0.717, 1.165) is 21.3 Å². The molecule has 0 fully saturated rings. The molecule has 2 aromatic heterocycles. The van der Waals surface area contributed by atoms with Crippen molar-refractivity contribution >= 4 is 22.8 Å². The van der Waals surface area contributed by atoms with E-state index in [2.05, 4.69) is 24.0 Å². The van der Waals surface area contributed by atoms with Gasteiger partial charge in [-0.15, -0.1) is 0 Å². The van der Waals surface area contributed by atoms with E-state index in [1.807, 2.05) is 49.4 Å². The number of benzene rings is 2. The number of hydrogen-bond acceptors (Lipinski definition) is 5. The van der Waals surface area contributed by atoms with Gasteiger partial charge in [-0.25, -0.2) is 14.8 Å². The van der Waals surface area contributed by atoms with Crippen LogP contribution in [0.25, 0.3) is 22.4 Å². The fraction of sp³-hybridized carbons (Fsp3) is 0.217. The molecule has 4 rings (SSSR count). The highest BCUT2D eigenvalue weighted by Gasteiger charge is 2.20. The molecule has 1 atom stereocenters. The zero-order chi connectivity index (χ0) is 21.4. The topological polar surface area (TPSA) is 69.8 Å². The van der Waals surface area contributed by atoms with E-state index in [4.69, 9.17) is 4.98 Å². The average molecular weight is 419 g/mol. The second-order valence-electron chi connectivity index (χ2n) is 7.30. The van der Waals surface area contributed by atoms with Crippen LogP contribution in [0.5, 0.6) is 0 Å².